The minimum Gasteiger partial charge on any atom is -0.497 e. The van der Waals surface area contributed by atoms with E-state index in [-0.39, 0.29) is 11.3 Å². The van der Waals surface area contributed by atoms with Crippen LogP contribution in [0.15, 0.2) is 18.2 Å². The van der Waals surface area contributed by atoms with E-state index < -0.39 is 18.7 Å². The molecule has 0 aromatic heterocycles. The molecule has 0 saturated carbocycles. The first-order valence-electron chi connectivity index (χ1n) is 5.43. The van der Waals surface area contributed by atoms with Crippen LogP contribution >= 0.6 is 0 Å². The molecular weight excluding hydrogens is 182 g/mol. The monoisotopic (exact) mass is 194 g/mol. The van der Waals surface area contributed by atoms with Gasteiger partial charge in [0.2, 0.25) is 0 Å². The highest BCUT2D eigenvalue weighted by atomic mass is 16.5. The molecular formula is C10H9NO3. The molecule has 1 heterocycles. The number of anilines is 1. The number of hydrogen-bond donors (Lipinski definition) is 0. The van der Waals surface area contributed by atoms with E-state index in [2.05, 4.69) is 0 Å². The van der Waals surface area contributed by atoms with E-state index in [1.54, 1.807) is 0 Å². The van der Waals surface area contributed by atoms with Gasteiger partial charge in [0.1, 0.15) is 5.75 Å². The summed E-state index contributed by atoms with van der Waals surface area (Å²) >= 11 is 0. The Hall–Kier alpha value is -1.84. The van der Waals surface area contributed by atoms with Crippen molar-refractivity contribution in [3.8, 4) is 5.75 Å². The molecule has 1 aromatic carbocycles. The Morgan fingerprint density at radius 1 is 1.43 bits per heavy atom. The molecule has 0 bridgehead atoms. The van der Waals surface area contributed by atoms with E-state index >= 15 is 0 Å². The van der Waals surface area contributed by atoms with Crippen molar-refractivity contribution in [3.63, 3.8) is 0 Å². The van der Waals surface area contributed by atoms with Crippen LogP contribution in [-0.4, -0.2) is 25.8 Å². The Kier molecular flexibility index (Phi) is 1.17. The van der Waals surface area contributed by atoms with Crippen LogP contribution in [0.4, 0.5) is 5.69 Å². The van der Waals surface area contributed by atoms with Crippen LogP contribution in [0.5, 0.6) is 5.75 Å². The average Bonchev–Trinajstić information content (AvgIpc) is 2.51. The summed E-state index contributed by atoms with van der Waals surface area (Å²) in [6, 6.07) is 4.26. The van der Waals surface area contributed by atoms with Gasteiger partial charge in [-0.2, -0.15) is 0 Å². The number of Topliss-reactive ketones (excluding diaryl/α,β-unsaturated/α-hetero) is 1. The molecule has 0 saturated heterocycles. The second kappa shape index (κ2) is 2.83. The number of fused-ring (bicyclic) bond motifs is 1. The summed E-state index contributed by atoms with van der Waals surface area (Å²) < 4.78 is 26.6. The van der Waals surface area contributed by atoms with Gasteiger partial charge in [0.15, 0.2) is 0 Å². The summed E-state index contributed by atoms with van der Waals surface area (Å²) in [5.74, 6) is -1.46. The third-order valence-corrected chi connectivity index (χ3v) is 2.09. The van der Waals surface area contributed by atoms with Crippen LogP contribution < -0.4 is 9.64 Å². The Morgan fingerprint density at radius 3 is 2.86 bits per heavy atom. The van der Waals surface area contributed by atoms with Gasteiger partial charge in [0.25, 0.3) is 11.7 Å². The predicted octanol–water partition coefficient (Wildman–Crippen LogP) is 0.854. The van der Waals surface area contributed by atoms with Gasteiger partial charge in [-0.15, -0.1) is 0 Å². The molecule has 14 heavy (non-hydrogen) atoms. The number of methoxy groups -OCH3 is 1. The minimum atomic E-state index is -2.66. The molecule has 0 atom stereocenters. The highest BCUT2D eigenvalue weighted by Crippen LogP contribution is 2.30. The van der Waals surface area contributed by atoms with Crippen LogP contribution in [-0.2, 0) is 4.79 Å². The largest absolute Gasteiger partial charge is 0.497 e. The maximum absolute atomic E-state index is 11.6. The maximum Gasteiger partial charge on any atom is 0.299 e. The van der Waals surface area contributed by atoms with Crippen LogP contribution in [0.2, 0.25) is 0 Å². The van der Waals surface area contributed by atoms with Crippen molar-refractivity contribution >= 4 is 17.4 Å². The molecule has 0 spiro atoms. The Labute approximate surface area is 85.3 Å². The Morgan fingerprint density at radius 2 is 2.21 bits per heavy atom. The fraction of sp³-hybridized carbons (Fsp3) is 0.200. The van der Waals surface area contributed by atoms with Crippen molar-refractivity contribution < 1.29 is 18.4 Å². The smallest absolute Gasteiger partial charge is 0.299 e. The van der Waals surface area contributed by atoms with Crippen LogP contribution in [0.25, 0.3) is 0 Å². The first kappa shape index (κ1) is 5.80. The lowest BCUT2D eigenvalue weighted by Crippen LogP contribution is -2.24. The third kappa shape index (κ3) is 1.00. The van der Waals surface area contributed by atoms with Gasteiger partial charge in [-0.1, -0.05) is 0 Å². The van der Waals surface area contributed by atoms with Gasteiger partial charge in [0, 0.05) is 11.1 Å². The minimum absolute atomic E-state index is 0.0606. The first-order chi connectivity index (χ1) is 7.86. The summed E-state index contributed by atoms with van der Waals surface area (Å²) in [7, 11) is 1.42. The van der Waals surface area contributed by atoms with E-state index in [0.717, 1.165) is 0 Å². The number of ketones is 1. The van der Waals surface area contributed by atoms with Crippen molar-refractivity contribution in [1.82, 2.24) is 0 Å². The van der Waals surface area contributed by atoms with Crippen LogP contribution in [0, 0.1) is 0 Å². The number of hydrogen-bond acceptors (Lipinski definition) is 3. The highest BCUT2D eigenvalue weighted by molar-refractivity contribution is 6.52. The third-order valence-electron chi connectivity index (χ3n) is 2.09. The Balaban J connectivity index is 2.59. The molecule has 4 nitrogen and oxygen atoms in total. The number of likely N-dealkylation sites (N-methyl/N-ethyl adjacent to an activating group) is 1. The maximum atomic E-state index is 11.6. The van der Waals surface area contributed by atoms with E-state index in [9.17, 15) is 9.59 Å². The fourth-order valence-corrected chi connectivity index (χ4v) is 1.35. The van der Waals surface area contributed by atoms with Gasteiger partial charge < -0.3 is 9.64 Å². The Bertz CT molecular complexity index is 510. The number of rotatable bonds is 1. The van der Waals surface area contributed by atoms with Gasteiger partial charge in [-0.3, -0.25) is 9.59 Å². The quantitative estimate of drug-likeness (QED) is 0.623. The van der Waals surface area contributed by atoms with E-state index in [0.29, 0.717) is 10.6 Å². The molecule has 1 aromatic rings. The lowest BCUT2D eigenvalue weighted by molar-refractivity contribution is -0.114. The highest BCUT2D eigenvalue weighted by Gasteiger charge is 2.33. The summed E-state index contributed by atoms with van der Waals surface area (Å²) in [4.78, 5) is 23.7. The molecule has 1 aliphatic heterocycles. The molecule has 0 N–H and O–H groups in total. The van der Waals surface area contributed by atoms with Crippen LogP contribution in [0.3, 0.4) is 0 Å². The van der Waals surface area contributed by atoms with Gasteiger partial charge in [0.05, 0.1) is 18.4 Å². The molecule has 4 heteroatoms. The zero-order valence-electron chi connectivity index (χ0n) is 10.4. The van der Waals surface area contributed by atoms with Gasteiger partial charge in [-0.05, 0) is 18.2 Å². The number of benzene rings is 1. The molecule has 1 aliphatic rings. The van der Waals surface area contributed by atoms with Crippen molar-refractivity contribution in [2.24, 2.45) is 0 Å². The molecule has 0 aliphatic carbocycles. The average molecular weight is 194 g/mol. The van der Waals surface area contributed by atoms with Crippen LogP contribution in [0.1, 0.15) is 14.5 Å². The molecule has 2 rings (SSSR count). The number of nitrogens with zero attached hydrogens (tertiary/aromatic N) is 1. The van der Waals surface area contributed by atoms with E-state index in [1.807, 2.05) is 0 Å². The van der Waals surface area contributed by atoms with Crippen molar-refractivity contribution in [2.45, 2.75) is 0 Å². The summed E-state index contributed by atoms with van der Waals surface area (Å²) in [6.07, 6.45) is 0. The van der Waals surface area contributed by atoms with E-state index in [4.69, 9.17) is 8.85 Å². The fourth-order valence-electron chi connectivity index (χ4n) is 1.35. The van der Waals surface area contributed by atoms with E-state index in [1.165, 1.54) is 25.3 Å². The summed E-state index contributed by atoms with van der Waals surface area (Å²) in [6.45, 7) is -2.66. The number of ether oxygens (including phenoxy) is 1. The number of carbonyl (C=O) groups is 2. The molecule has 0 fully saturated rings. The van der Waals surface area contributed by atoms with Gasteiger partial charge in [-0.25, -0.2) is 0 Å². The zero-order valence-corrected chi connectivity index (χ0v) is 7.40. The lowest BCUT2D eigenvalue weighted by atomic mass is 10.1. The standard InChI is InChI=1S/C10H9NO3/c1-11-8-4-3-6(14-2)5-7(8)9(12)10(11)13/h3-5H,1-2H3/i1D3. The van der Waals surface area contributed by atoms with Gasteiger partial charge >= 0.3 is 0 Å². The molecule has 72 valence electrons. The lowest BCUT2D eigenvalue weighted by Gasteiger charge is -2.08. The zero-order chi connectivity index (χ0) is 12.8. The predicted molar refractivity (Wildman–Crippen MR) is 50.7 cm³/mol. The molecule has 0 radical (unpaired) electrons. The van der Waals surface area contributed by atoms with Crippen molar-refractivity contribution in [3.05, 3.63) is 23.8 Å². The molecule has 0 unspecified atom stereocenters. The van der Waals surface area contributed by atoms with Crippen molar-refractivity contribution in [2.75, 3.05) is 19.0 Å². The summed E-state index contributed by atoms with van der Waals surface area (Å²) in [5, 5.41) is 0. The number of amides is 1. The SMILES string of the molecule is [2H]C([2H])([2H])N1C(=O)C(=O)c2cc(OC)ccc21. The topological polar surface area (TPSA) is 46.6 Å². The second-order valence-corrected chi connectivity index (χ2v) is 2.85. The molecule has 1 amide bonds. The second-order valence-electron chi connectivity index (χ2n) is 2.85. The normalized spacial score (nSPS) is 18.6. The number of carbonyl (C=O) groups excluding carboxylic acids is 2. The van der Waals surface area contributed by atoms with Crippen molar-refractivity contribution in [1.29, 1.82) is 0 Å². The first-order valence-corrected chi connectivity index (χ1v) is 3.93. The summed E-state index contributed by atoms with van der Waals surface area (Å²) in [5.41, 5.74) is 0.159.